The highest BCUT2D eigenvalue weighted by atomic mass is 35.5. The van der Waals surface area contributed by atoms with Gasteiger partial charge in [-0.3, -0.25) is 4.57 Å². The fourth-order valence-electron chi connectivity index (χ4n) is 3.65. The summed E-state index contributed by atoms with van der Waals surface area (Å²) >= 11 is 5.88. The van der Waals surface area contributed by atoms with Gasteiger partial charge in [-0.15, -0.1) is 10.2 Å². The van der Waals surface area contributed by atoms with Crippen molar-refractivity contribution in [3.05, 3.63) is 81.5 Å². The molecule has 19 heteroatoms. The molecule has 2 N–H and O–H groups in total. The molecule has 0 saturated carbocycles. The second kappa shape index (κ2) is 12.4. The number of rotatable bonds is 9. The van der Waals surface area contributed by atoms with Crippen molar-refractivity contribution in [2.75, 3.05) is 6.54 Å². The number of carbonyl (C=O) groups excluding carboxylic acids is 1. The summed E-state index contributed by atoms with van der Waals surface area (Å²) in [6.45, 7) is -4.18. The van der Waals surface area contributed by atoms with Gasteiger partial charge in [-0.05, 0) is 42.5 Å². The molecule has 0 aliphatic heterocycles. The minimum atomic E-state index is -5.05. The lowest BCUT2D eigenvalue weighted by molar-refractivity contribution is -0.207. The van der Waals surface area contributed by atoms with Gasteiger partial charge in [-0.1, -0.05) is 17.7 Å². The number of alkyl carbamates (subject to hydrolysis) is 1. The van der Waals surface area contributed by atoms with Crippen molar-refractivity contribution in [3.63, 3.8) is 0 Å². The van der Waals surface area contributed by atoms with Crippen LogP contribution in [0.4, 0.5) is 35.5 Å². The summed E-state index contributed by atoms with van der Waals surface area (Å²) < 4.78 is 97.5. The van der Waals surface area contributed by atoms with Gasteiger partial charge in [0.2, 0.25) is 0 Å². The maximum atomic E-state index is 13.9. The summed E-state index contributed by atoms with van der Waals surface area (Å²) in [6.07, 6.45) is -14.1. The number of benzene rings is 2. The lowest BCUT2D eigenvalue weighted by Gasteiger charge is -2.15. The van der Waals surface area contributed by atoms with Gasteiger partial charge in [0.15, 0.2) is 30.2 Å². The molecule has 0 radical (unpaired) electrons. The Hall–Kier alpha value is -4.45. The summed E-state index contributed by atoms with van der Waals surface area (Å²) in [7, 11) is 0. The highest BCUT2D eigenvalue weighted by Crippen LogP contribution is 2.24. The standard InChI is InChI=1S/C24H19ClF7N7O4/c25-14-6-4-13(5-7-14)20-36-38(22(42)37(20)9-17(40)24(30,31)32)10-18-34-19(11-43-21(41)33-12-23(27,28)29)39(35-18)16-3-1-2-15(26)8-16/h1-8,17,40H,9-12H2,(H,33,41)/t17-/m0/s1. The van der Waals surface area contributed by atoms with E-state index in [9.17, 15) is 45.4 Å². The number of halogens is 8. The van der Waals surface area contributed by atoms with Crippen LogP contribution in [0.3, 0.4) is 0 Å². The topological polar surface area (TPSA) is 129 Å². The summed E-state index contributed by atoms with van der Waals surface area (Å²) in [5.74, 6) is -1.38. The van der Waals surface area contributed by atoms with Crippen LogP contribution in [-0.2, 0) is 24.4 Å². The first-order valence-corrected chi connectivity index (χ1v) is 12.3. The largest absolute Gasteiger partial charge is 0.441 e. The van der Waals surface area contributed by atoms with Gasteiger partial charge in [-0.25, -0.2) is 28.3 Å². The van der Waals surface area contributed by atoms with E-state index in [1.807, 2.05) is 0 Å². The summed E-state index contributed by atoms with van der Waals surface area (Å²) in [4.78, 5) is 29.0. The van der Waals surface area contributed by atoms with E-state index in [-0.39, 0.29) is 28.7 Å². The average Bonchev–Trinajstić information content (AvgIpc) is 3.46. The number of alkyl halides is 6. The molecule has 2 aromatic carbocycles. The van der Waals surface area contributed by atoms with Crippen LogP contribution in [0.15, 0.2) is 53.3 Å². The number of nitrogens with one attached hydrogen (secondary N) is 1. The average molecular weight is 638 g/mol. The quantitative estimate of drug-likeness (QED) is 0.267. The van der Waals surface area contributed by atoms with Crippen molar-refractivity contribution in [1.82, 2.24) is 34.4 Å². The van der Waals surface area contributed by atoms with Gasteiger partial charge in [-0.2, -0.15) is 26.3 Å². The monoisotopic (exact) mass is 637 g/mol. The zero-order valence-corrected chi connectivity index (χ0v) is 22.2. The van der Waals surface area contributed by atoms with Crippen molar-refractivity contribution in [2.45, 2.75) is 38.2 Å². The number of amides is 1. The van der Waals surface area contributed by atoms with E-state index in [2.05, 4.69) is 15.2 Å². The minimum Gasteiger partial charge on any atom is -0.441 e. The first kappa shape index (κ1) is 31.5. The lowest BCUT2D eigenvalue weighted by atomic mass is 10.2. The number of nitrogens with zero attached hydrogens (tertiary/aromatic N) is 6. The zero-order chi connectivity index (χ0) is 31.5. The van der Waals surface area contributed by atoms with Crippen LogP contribution in [0.1, 0.15) is 11.6 Å². The third-order valence-corrected chi connectivity index (χ3v) is 5.84. The first-order valence-electron chi connectivity index (χ1n) is 12.0. The third-order valence-electron chi connectivity index (χ3n) is 5.59. The Balaban J connectivity index is 1.68. The van der Waals surface area contributed by atoms with Gasteiger partial charge >= 0.3 is 24.1 Å². The number of hydrogen-bond donors (Lipinski definition) is 2. The van der Waals surface area contributed by atoms with E-state index < -0.39 is 62.3 Å². The van der Waals surface area contributed by atoms with E-state index in [1.165, 1.54) is 41.7 Å². The molecular formula is C24H19ClF7N7O4. The summed E-state index contributed by atoms with van der Waals surface area (Å²) in [5.41, 5.74) is -0.840. The van der Waals surface area contributed by atoms with Crippen LogP contribution in [0.2, 0.25) is 5.02 Å². The van der Waals surface area contributed by atoms with Crippen LogP contribution in [-0.4, -0.2) is 65.3 Å². The number of aliphatic hydroxyl groups is 1. The Morgan fingerprint density at radius 1 is 1.07 bits per heavy atom. The molecule has 0 aliphatic rings. The molecule has 0 fully saturated rings. The number of ether oxygens (including phenoxy) is 1. The molecule has 1 atom stereocenters. The van der Waals surface area contributed by atoms with Gasteiger partial charge < -0.3 is 15.2 Å². The van der Waals surface area contributed by atoms with Crippen LogP contribution in [0, 0.1) is 5.82 Å². The Kier molecular flexibility index (Phi) is 9.09. The van der Waals surface area contributed by atoms with Crippen molar-refractivity contribution >= 4 is 17.7 Å². The molecule has 0 aliphatic carbocycles. The zero-order valence-electron chi connectivity index (χ0n) is 21.4. The number of carbonyl (C=O) groups is 1. The van der Waals surface area contributed by atoms with Crippen molar-refractivity contribution < 1.29 is 45.4 Å². The molecule has 4 aromatic rings. The predicted molar refractivity (Wildman–Crippen MR) is 134 cm³/mol. The Morgan fingerprint density at radius 2 is 1.77 bits per heavy atom. The highest BCUT2D eigenvalue weighted by Gasteiger charge is 2.39. The molecule has 2 aromatic heterocycles. The molecule has 0 spiro atoms. The normalized spacial score (nSPS) is 12.8. The molecule has 0 saturated heterocycles. The second-order valence-electron chi connectivity index (χ2n) is 8.82. The molecule has 2 heterocycles. The smallest absolute Gasteiger partial charge is 0.416 e. The number of aromatic nitrogens is 6. The van der Waals surface area contributed by atoms with E-state index >= 15 is 0 Å². The number of aliphatic hydroxyl groups excluding tert-OH is 1. The third kappa shape index (κ3) is 8.10. The van der Waals surface area contributed by atoms with Crippen LogP contribution >= 0.6 is 11.6 Å². The Bertz CT molecular complexity index is 1650. The minimum absolute atomic E-state index is 0.0566. The van der Waals surface area contributed by atoms with E-state index in [1.54, 1.807) is 0 Å². The van der Waals surface area contributed by atoms with Gasteiger partial charge in [0.05, 0.1) is 12.2 Å². The summed E-state index contributed by atoms with van der Waals surface area (Å²) in [6, 6.07) is 10.4. The van der Waals surface area contributed by atoms with Crippen molar-refractivity contribution in [2.24, 2.45) is 0 Å². The molecule has 11 nitrogen and oxygen atoms in total. The SMILES string of the molecule is O=C(NCC(F)(F)F)OCc1nc(Cn2nc(-c3ccc(Cl)cc3)n(C[C@H](O)C(F)(F)F)c2=O)nn1-c1cccc(F)c1. The molecular weight excluding hydrogens is 619 g/mol. The number of hydrogen-bond acceptors (Lipinski definition) is 7. The fraction of sp³-hybridized carbons (Fsp3) is 0.292. The molecule has 4 rings (SSSR count). The second-order valence-corrected chi connectivity index (χ2v) is 9.26. The van der Waals surface area contributed by atoms with Crippen molar-refractivity contribution in [3.8, 4) is 17.1 Å². The molecule has 43 heavy (non-hydrogen) atoms. The highest BCUT2D eigenvalue weighted by molar-refractivity contribution is 6.30. The van der Waals surface area contributed by atoms with Gasteiger partial charge in [0.25, 0.3) is 0 Å². The van der Waals surface area contributed by atoms with Crippen LogP contribution in [0.5, 0.6) is 0 Å². The fourth-order valence-corrected chi connectivity index (χ4v) is 3.78. The van der Waals surface area contributed by atoms with Crippen LogP contribution in [0.25, 0.3) is 17.1 Å². The van der Waals surface area contributed by atoms with E-state index in [4.69, 9.17) is 16.3 Å². The Labute approximate surface area is 241 Å². The predicted octanol–water partition coefficient (Wildman–Crippen LogP) is 3.85. The molecule has 230 valence electrons. The Morgan fingerprint density at radius 3 is 2.40 bits per heavy atom. The maximum absolute atomic E-state index is 13.9. The molecule has 0 bridgehead atoms. The van der Waals surface area contributed by atoms with E-state index in [0.717, 1.165) is 16.8 Å². The maximum Gasteiger partial charge on any atom is 0.416 e. The van der Waals surface area contributed by atoms with Crippen LogP contribution < -0.4 is 11.0 Å². The molecule has 1 amide bonds. The van der Waals surface area contributed by atoms with E-state index in [0.29, 0.717) is 14.3 Å². The lowest BCUT2D eigenvalue weighted by Crippen LogP contribution is -2.37. The first-order chi connectivity index (χ1) is 20.1. The summed E-state index contributed by atoms with van der Waals surface area (Å²) in [5, 5.41) is 19.7. The van der Waals surface area contributed by atoms with Crippen molar-refractivity contribution in [1.29, 1.82) is 0 Å². The molecule has 0 unspecified atom stereocenters. The van der Waals surface area contributed by atoms with Gasteiger partial charge in [0.1, 0.15) is 18.9 Å². The van der Waals surface area contributed by atoms with Gasteiger partial charge in [0, 0.05) is 10.6 Å².